The minimum Gasteiger partial charge on any atom is -0.490 e. The zero-order valence-corrected chi connectivity index (χ0v) is 9.72. The molecule has 1 aromatic rings. The van der Waals surface area contributed by atoms with Gasteiger partial charge in [0, 0.05) is 12.0 Å². The van der Waals surface area contributed by atoms with Crippen LogP contribution in [0.5, 0.6) is 11.5 Å². The molecular formula is C12H14ClNO2. The van der Waals surface area contributed by atoms with Gasteiger partial charge in [0.1, 0.15) is 0 Å². The normalized spacial score (nSPS) is 21.4. The number of nitrogens with two attached hydrogens (primary N) is 1. The largest absolute Gasteiger partial charge is 0.490 e. The average Bonchev–Trinajstić information content (AvgIpc) is 3.02. The predicted molar refractivity (Wildman–Crippen MR) is 62.2 cm³/mol. The molecule has 0 atom stereocenters. The highest BCUT2D eigenvalue weighted by molar-refractivity contribution is 6.33. The number of rotatable bonds is 1. The van der Waals surface area contributed by atoms with E-state index in [4.69, 9.17) is 26.8 Å². The molecular weight excluding hydrogens is 226 g/mol. The Labute approximate surface area is 99.5 Å². The Morgan fingerprint density at radius 1 is 1.19 bits per heavy atom. The molecule has 1 saturated carbocycles. The molecule has 0 spiro atoms. The van der Waals surface area contributed by atoms with E-state index in [0.29, 0.717) is 24.0 Å². The van der Waals surface area contributed by atoms with Crippen molar-refractivity contribution >= 4 is 11.6 Å². The second kappa shape index (κ2) is 3.54. The summed E-state index contributed by atoms with van der Waals surface area (Å²) in [4.78, 5) is 0. The highest BCUT2D eigenvalue weighted by Crippen LogP contribution is 2.50. The molecule has 0 bridgehead atoms. The molecule has 3 nitrogen and oxygen atoms in total. The monoisotopic (exact) mass is 239 g/mol. The van der Waals surface area contributed by atoms with Crippen molar-refractivity contribution < 1.29 is 9.47 Å². The lowest BCUT2D eigenvalue weighted by atomic mass is 10.1. The molecule has 1 heterocycles. The molecule has 86 valence electrons. The van der Waals surface area contributed by atoms with Crippen LogP contribution >= 0.6 is 11.6 Å². The summed E-state index contributed by atoms with van der Waals surface area (Å²) >= 11 is 6.34. The topological polar surface area (TPSA) is 44.5 Å². The molecule has 0 saturated heterocycles. The molecule has 16 heavy (non-hydrogen) atoms. The van der Waals surface area contributed by atoms with Crippen LogP contribution in [-0.2, 0) is 5.54 Å². The lowest BCUT2D eigenvalue weighted by molar-refractivity contribution is 0.297. The third-order valence-corrected chi connectivity index (χ3v) is 3.55. The summed E-state index contributed by atoms with van der Waals surface area (Å²) in [5.41, 5.74) is 6.91. The second-order valence-corrected chi connectivity index (χ2v) is 4.84. The van der Waals surface area contributed by atoms with Gasteiger partial charge in [0.15, 0.2) is 11.5 Å². The molecule has 2 N–H and O–H groups in total. The molecule has 1 aliphatic heterocycles. The van der Waals surface area contributed by atoms with E-state index < -0.39 is 0 Å². The van der Waals surface area contributed by atoms with E-state index in [1.54, 1.807) is 0 Å². The van der Waals surface area contributed by atoms with Crippen molar-refractivity contribution in [2.24, 2.45) is 5.73 Å². The van der Waals surface area contributed by atoms with E-state index in [1.165, 1.54) is 0 Å². The van der Waals surface area contributed by atoms with Crippen molar-refractivity contribution in [1.82, 2.24) is 0 Å². The summed E-state index contributed by atoms with van der Waals surface area (Å²) in [6.07, 6.45) is 2.87. The van der Waals surface area contributed by atoms with Crippen molar-refractivity contribution in [3.05, 3.63) is 22.7 Å². The summed E-state index contributed by atoms with van der Waals surface area (Å²) in [7, 11) is 0. The highest BCUT2D eigenvalue weighted by Gasteiger charge is 2.42. The maximum absolute atomic E-state index is 6.34. The van der Waals surface area contributed by atoms with Crippen molar-refractivity contribution in [2.75, 3.05) is 13.2 Å². The van der Waals surface area contributed by atoms with Gasteiger partial charge in [-0.2, -0.15) is 0 Å². The lowest BCUT2D eigenvalue weighted by Gasteiger charge is -2.16. The number of ether oxygens (including phenoxy) is 2. The standard InChI is InChI=1S/C12H14ClNO2/c13-10-8(12(14)4-5-12)2-3-9-11(10)16-7-1-6-15-9/h2-3H,1,4-7,14H2. The number of hydrogen-bond donors (Lipinski definition) is 1. The second-order valence-electron chi connectivity index (χ2n) is 4.46. The van der Waals surface area contributed by atoms with Gasteiger partial charge in [-0.25, -0.2) is 0 Å². The maximum Gasteiger partial charge on any atom is 0.180 e. The van der Waals surface area contributed by atoms with Crippen LogP contribution in [0.2, 0.25) is 5.02 Å². The van der Waals surface area contributed by atoms with E-state index in [1.807, 2.05) is 12.1 Å². The van der Waals surface area contributed by atoms with Crippen LogP contribution < -0.4 is 15.2 Å². The Kier molecular flexibility index (Phi) is 2.26. The van der Waals surface area contributed by atoms with Crippen molar-refractivity contribution in [1.29, 1.82) is 0 Å². The quantitative estimate of drug-likeness (QED) is 0.819. The molecule has 1 aliphatic carbocycles. The summed E-state index contributed by atoms with van der Waals surface area (Å²) in [6, 6.07) is 3.87. The summed E-state index contributed by atoms with van der Waals surface area (Å²) in [5.74, 6) is 1.39. The molecule has 4 heteroatoms. The van der Waals surface area contributed by atoms with Gasteiger partial charge in [0.25, 0.3) is 0 Å². The molecule has 3 rings (SSSR count). The zero-order valence-electron chi connectivity index (χ0n) is 8.96. The van der Waals surface area contributed by atoms with Crippen LogP contribution in [0.3, 0.4) is 0 Å². The smallest absolute Gasteiger partial charge is 0.180 e. The van der Waals surface area contributed by atoms with Crippen LogP contribution in [0.15, 0.2) is 12.1 Å². The fraction of sp³-hybridized carbons (Fsp3) is 0.500. The van der Waals surface area contributed by atoms with Gasteiger partial charge in [0.05, 0.1) is 18.2 Å². The number of hydrogen-bond acceptors (Lipinski definition) is 3. The third-order valence-electron chi connectivity index (χ3n) is 3.18. The number of fused-ring (bicyclic) bond motifs is 1. The van der Waals surface area contributed by atoms with Gasteiger partial charge in [-0.05, 0) is 24.5 Å². The van der Waals surface area contributed by atoms with Gasteiger partial charge in [-0.1, -0.05) is 17.7 Å². The van der Waals surface area contributed by atoms with Gasteiger partial charge in [0.2, 0.25) is 0 Å². The van der Waals surface area contributed by atoms with Gasteiger partial charge >= 0.3 is 0 Å². The molecule has 1 fully saturated rings. The van der Waals surface area contributed by atoms with Crippen molar-refractivity contribution in [2.45, 2.75) is 24.8 Å². The van der Waals surface area contributed by atoms with E-state index in [2.05, 4.69) is 0 Å². The lowest BCUT2D eigenvalue weighted by Crippen LogP contribution is -2.19. The molecule has 2 aliphatic rings. The highest BCUT2D eigenvalue weighted by atomic mass is 35.5. The minimum atomic E-state index is -0.234. The Morgan fingerprint density at radius 2 is 1.94 bits per heavy atom. The van der Waals surface area contributed by atoms with Gasteiger partial charge < -0.3 is 15.2 Å². The summed E-state index contributed by atoms with van der Waals surface area (Å²) in [6.45, 7) is 1.32. The molecule has 1 aromatic carbocycles. The first kappa shape index (κ1) is 10.2. The Hall–Kier alpha value is -0.930. The summed E-state index contributed by atoms with van der Waals surface area (Å²) < 4.78 is 11.2. The fourth-order valence-corrected chi connectivity index (χ4v) is 2.39. The maximum atomic E-state index is 6.34. The minimum absolute atomic E-state index is 0.234. The van der Waals surface area contributed by atoms with Gasteiger partial charge in [-0.15, -0.1) is 0 Å². The summed E-state index contributed by atoms with van der Waals surface area (Å²) in [5, 5.41) is 0.624. The van der Waals surface area contributed by atoms with Crippen molar-refractivity contribution in [3.63, 3.8) is 0 Å². The third kappa shape index (κ3) is 1.55. The average molecular weight is 240 g/mol. The van der Waals surface area contributed by atoms with E-state index in [9.17, 15) is 0 Å². The molecule has 0 amide bonds. The first-order chi connectivity index (χ1) is 7.71. The Bertz CT molecular complexity index is 429. The Morgan fingerprint density at radius 3 is 2.69 bits per heavy atom. The Balaban J connectivity index is 2.07. The SMILES string of the molecule is NC1(c2ccc3c(c2Cl)OCCCO3)CC1. The predicted octanol–water partition coefficient (Wildman–Crippen LogP) is 2.45. The van der Waals surface area contributed by atoms with Crippen LogP contribution in [0.25, 0.3) is 0 Å². The van der Waals surface area contributed by atoms with Crippen LogP contribution in [0.4, 0.5) is 0 Å². The first-order valence-electron chi connectivity index (χ1n) is 5.58. The van der Waals surface area contributed by atoms with Crippen LogP contribution in [0, 0.1) is 0 Å². The van der Waals surface area contributed by atoms with Gasteiger partial charge in [-0.3, -0.25) is 0 Å². The van der Waals surface area contributed by atoms with E-state index in [-0.39, 0.29) is 5.54 Å². The molecule has 0 unspecified atom stereocenters. The van der Waals surface area contributed by atoms with E-state index in [0.717, 1.165) is 30.6 Å². The zero-order chi connectivity index (χ0) is 11.2. The van der Waals surface area contributed by atoms with E-state index >= 15 is 0 Å². The fourth-order valence-electron chi connectivity index (χ4n) is 1.99. The number of benzene rings is 1. The first-order valence-corrected chi connectivity index (χ1v) is 5.96. The molecule has 0 aromatic heterocycles. The number of halogens is 1. The van der Waals surface area contributed by atoms with Crippen LogP contribution in [0.1, 0.15) is 24.8 Å². The van der Waals surface area contributed by atoms with Crippen molar-refractivity contribution in [3.8, 4) is 11.5 Å². The molecule has 0 radical (unpaired) electrons. The van der Waals surface area contributed by atoms with Crippen LogP contribution in [-0.4, -0.2) is 13.2 Å².